The fraction of sp³-hybridized carbons (Fsp3) is 0.235. The summed E-state index contributed by atoms with van der Waals surface area (Å²) >= 11 is 15.9. The minimum absolute atomic E-state index is 0.607. The Kier molecular flexibility index (Phi) is 4.22. The average Bonchev–Trinajstić information content (AvgIpc) is 3.11. The largest absolute Gasteiger partial charge is 0.324 e. The maximum atomic E-state index is 6.40. The second kappa shape index (κ2) is 6.27. The molecule has 3 heterocycles. The molecule has 25 heavy (non-hydrogen) atoms. The molecule has 1 aromatic carbocycles. The van der Waals surface area contributed by atoms with E-state index in [1.807, 2.05) is 32.2 Å². The number of anilines is 2. The lowest BCUT2D eigenvalue weighted by Crippen LogP contribution is -2.15. The van der Waals surface area contributed by atoms with Crippen LogP contribution >= 0.6 is 39.1 Å². The van der Waals surface area contributed by atoms with E-state index in [0.717, 1.165) is 46.0 Å². The fourth-order valence-corrected chi connectivity index (χ4v) is 3.80. The number of halogens is 3. The summed E-state index contributed by atoms with van der Waals surface area (Å²) in [6.07, 6.45) is 2.75. The highest BCUT2D eigenvalue weighted by Crippen LogP contribution is 2.39. The van der Waals surface area contributed by atoms with E-state index in [1.165, 1.54) is 0 Å². The van der Waals surface area contributed by atoms with Crippen LogP contribution in [0.1, 0.15) is 17.1 Å². The first-order valence-corrected chi connectivity index (χ1v) is 9.31. The lowest BCUT2D eigenvalue weighted by Gasteiger charge is -2.20. The van der Waals surface area contributed by atoms with E-state index in [-0.39, 0.29) is 0 Å². The lowest BCUT2D eigenvalue weighted by atomic mass is 10.2. The number of aryl methyl sites for hydroxylation is 2. The average molecular weight is 439 g/mol. The highest BCUT2D eigenvalue weighted by atomic mass is 79.9. The Morgan fingerprint density at radius 2 is 1.88 bits per heavy atom. The van der Waals surface area contributed by atoms with Gasteiger partial charge in [-0.3, -0.25) is 0 Å². The van der Waals surface area contributed by atoms with E-state index in [2.05, 4.69) is 35.9 Å². The van der Waals surface area contributed by atoms with Gasteiger partial charge in [0, 0.05) is 23.3 Å². The van der Waals surface area contributed by atoms with Gasteiger partial charge in [0.25, 0.3) is 0 Å². The monoisotopic (exact) mass is 437 g/mol. The van der Waals surface area contributed by atoms with E-state index >= 15 is 0 Å². The van der Waals surface area contributed by atoms with Crippen LogP contribution in [0.2, 0.25) is 10.0 Å². The van der Waals surface area contributed by atoms with E-state index in [0.29, 0.717) is 15.9 Å². The van der Waals surface area contributed by atoms with Gasteiger partial charge in [0.1, 0.15) is 11.6 Å². The Hall–Kier alpha value is -1.63. The van der Waals surface area contributed by atoms with Crippen LogP contribution < -0.4 is 4.90 Å². The number of aromatic nitrogens is 4. The molecule has 0 saturated heterocycles. The number of rotatable bonds is 2. The number of hydrogen-bond acceptors (Lipinski definition) is 4. The van der Waals surface area contributed by atoms with Gasteiger partial charge in [-0.15, -0.1) is 0 Å². The number of nitrogens with zero attached hydrogens (tertiary/aromatic N) is 5. The van der Waals surface area contributed by atoms with E-state index in [4.69, 9.17) is 23.2 Å². The minimum atomic E-state index is 0.607. The molecule has 0 saturated carbocycles. The first-order valence-electron chi connectivity index (χ1n) is 7.76. The van der Waals surface area contributed by atoms with Crippen LogP contribution in [0.15, 0.2) is 28.9 Å². The number of benzene rings is 1. The molecular weight excluding hydrogens is 425 g/mol. The topological polar surface area (TPSA) is 46.8 Å². The van der Waals surface area contributed by atoms with E-state index in [1.54, 1.807) is 10.7 Å². The standard InChI is InChI=1S/C17H14BrCl2N5/c1-9-13(18)8-25(23-9)17-12-5-6-24(16(12)21-10(2)22-17)15-4-3-11(19)7-14(15)20/h3-4,7-8H,5-6H2,1-2H3. The Labute approximate surface area is 163 Å². The molecule has 8 heteroatoms. The summed E-state index contributed by atoms with van der Waals surface area (Å²) in [6, 6.07) is 5.51. The maximum absolute atomic E-state index is 6.40. The summed E-state index contributed by atoms with van der Waals surface area (Å²) in [4.78, 5) is 11.4. The predicted octanol–water partition coefficient (Wildman–Crippen LogP) is 5.04. The molecule has 0 unspecified atom stereocenters. The van der Waals surface area contributed by atoms with Crippen LogP contribution in [0.3, 0.4) is 0 Å². The third-order valence-electron chi connectivity index (χ3n) is 4.17. The molecule has 0 spiro atoms. The minimum Gasteiger partial charge on any atom is -0.324 e. The molecule has 0 N–H and O–H groups in total. The molecule has 5 nitrogen and oxygen atoms in total. The van der Waals surface area contributed by atoms with Crippen molar-refractivity contribution in [3.8, 4) is 5.82 Å². The molecule has 0 atom stereocenters. The van der Waals surface area contributed by atoms with Crippen molar-refractivity contribution in [1.29, 1.82) is 0 Å². The zero-order valence-electron chi connectivity index (χ0n) is 13.6. The van der Waals surface area contributed by atoms with Gasteiger partial charge in [0.05, 0.1) is 20.9 Å². The van der Waals surface area contributed by atoms with Crippen LogP contribution in [0.25, 0.3) is 5.82 Å². The zero-order chi connectivity index (χ0) is 17.7. The lowest BCUT2D eigenvalue weighted by molar-refractivity contribution is 0.805. The van der Waals surface area contributed by atoms with Crippen molar-refractivity contribution in [3.63, 3.8) is 0 Å². The first-order chi connectivity index (χ1) is 11.9. The van der Waals surface area contributed by atoms with Crippen LogP contribution in [0, 0.1) is 13.8 Å². The Morgan fingerprint density at radius 3 is 2.56 bits per heavy atom. The summed E-state index contributed by atoms with van der Waals surface area (Å²) in [7, 11) is 0. The quantitative estimate of drug-likeness (QED) is 0.562. The zero-order valence-corrected chi connectivity index (χ0v) is 16.7. The SMILES string of the molecule is Cc1nc2c(c(-n3cc(Br)c(C)n3)n1)CCN2c1ccc(Cl)cc1Cl. The number of fused-ring (bicyclic) bond motifs is 1. The Balaban J connectivity index is 1.86. The molecule has 3 aromatic rings. The Morgan fingerprint density at radius 1 is 1.12 bits per heavy atom. The van der Waals surface area contributed by atoms with E-state index < -0.39 is 0 Å². The van der Waals surface area contributed by atoms with Gasteiger partial charge in [-0.2, -0.15) is 5.10 Å². The van der Waals surface area contributed by atoms with Gasteiger partial charge in [0.15, 0.2) is 5.82 Å². The molecule has 1 aliphatic heterocycles. The summed E-state index contributed by atoms with van der Waals surface area (Å²) in [5.41, 5.74) is 2.87. The first kappa shape index (κ1) is 16.8. The molecule has 0 aliphatic carbocycles. The maximum Gasteiger partial charge on any atom is 0.162 e. The normalized spacial score (nSPS) is 13.4. The van der Waals surface area contributed by atoms with Crippen molar-refractivity contribution < 1.29 is 0 Å². The van der Waals surface area contributed by atoms with Gasteiger partial charge >= 0.3 is 0 Å². The van der Waals surface area contributed by atoms with Gasteiger partial charge < -0.3 is 4.90 Å². The van der Waals surface area contributed by atoms with Crippen LogP contribution in [-0.2, 0) is 6.42 Å². The second-order valence-electron chi connectivity index (χ2n) is 5.90. The molecule has 128 valence electrons. The van der Waals surface area contributed by atoms with Crippen molar-refractivity contribution in [2.75, 3.05) is 11.4 Å². The van der Waals surface area contributed by atoms with Crippen molar-refractivity contribution in [1.82, 2.24) is 19.7 Å². The molecular formula is C17H14BrCl2N5. The summed E-state index contributed by atoms with van der Waals surface area (Å²) in [5.74, 6) is 2.37. The van der Waals surface area contributed by atoms with E-state index in [9.17, 15) is 0 Å². The molecule has 4 rings (SSSR count). The highest BCUT2D eigenvalue weighted by molar-refractivity contribution is 9.10. The third-order valence-corrected chi connectivity index (χ3v) is 5.49. The Bertz CT molecular complexity index is 966. The second-order valence-corrected chi connectivity index (χ2v) is 7.60. The van der Waals surface area contributed by atoms with Gasteiger partial charge in [0.2, 0.25) is 0 Å². The van der Waals surface area contributed by atoms with Crippen LogP contribution in [-0.4, -0.2) is 26.3 Å². The van der Waals surface area contributed by atoms with Crippen molar-refractivity contribution in [3.05, 3.63) is 56.0 Å². The molecule has 1 aliphatic rings. The van der Waals surface area contributed by atoms with Crippen molar-refractivity contribution in [2.45, 2.75) is 20.3 Å². The molecule has 0 radical (unpaired) electrons. The predicted molar refractivity (Wildman–Crippen MR) is 104 cm³/mol. The molecule has 0 fully saturated rings. The smallest absolute Gasteiger partial charge is 0.162 e. The van der Waals surface area contributed by atoms with Gasteiger partial charge in [-0.05, 0) is 54.4 Å². The summed E-state index contributed by atoms with van der Waals surface area (Å²) in [5, 5.41) is 5.77. The molecule has 2 aromatic heterocycles. The number of hydrogen-bond donors (Lipinski definition) is 0. The summed E-state index contributed by atoms with van der Waals surface area (Å²) in [6.45, 7) is 4.62. The van der Waals surface area contributed by atoms with Crippen LogP contribution in [0.4, 0.5) is 11.5 Å². The fourth-order valence-electron chi connectivity index (χ4n) is 3.01. The molecule has 0 bridgehead atoms. The van der Waals surface area contributed by atoms with Crippen molar-refractivity contribution in [2.24, 2.45) is 0 Å². The summed E-state index contributed by atoms with van der Waals surface area (Å²) < 4.78 is 2.76. The van der Waals surface area contributed by atoms with Gasteiger partial charge in [-0.1, -0.05) is 23.2 Å². The van der Waals surface area contributed by atoms with Crippen LogP contribution in [0.5, 0.6) is 0 Å². The highest BCUT2D eigenvalue weighted by Gasteiger charge is 2.28. The third kappa shape index (κ3) is 2.92. The molecule has 0 amide bonds. The van der Waals surface area contributed by atoms with Crippen molar-refractivity contribution >= 4 is 50.6 Å². The van der Waals surface area contributed by atoms with Gasteiger partial charge in [-0.25, -0.2) is 14.6 Å².